The molecule has 1 aromatic heterocycles. The number of aryl methyl sites for hydroxylation is 1. The fourth-order valence-corrected chi connectivity index (χ4v) is 3.36. The number of carbonyl (C=O) groups excluding carboxylic acids is 1. The first kappa shape index (κ1) is 12.4. The lowest BCUT2D eigenvalue weighted by Gasteiger charge is -2.23. The number of aromatic nitrogens is 1. The van der Waals surface area contributed by atoms with Crippen molar-refractivity contribution in [1.82, 2.24) is 9.88 Å². The maximum Gasteiger partial charge on any atom is 0.256 e. The van der Waals surface area contributed by atoms with Gasteiger partial charge in [0.05, 0.1) is 10.9 Å². The number of rotatable bonds is 3. The van der Waals surface area contributed by atoms with Crippen molar-refractivity contribution < 1.29 is 4.79 Å². The molecule has 1 amide bonds. The Hall–Kier alpha value is -1.03. The molecule has 0 bridgehead atoms. The first-order valence-electron chi connectivity index (χ1n) is 6.07. The minimum atomic E-state index is 0.126. The number of nitrogens with zero attached hydrogens (tertiary/aromatic N) is 2. The highest BCUT2D eigenvalue weighted by atomic mass is 32.2. The van der Waals surface area contributed by atoms with Gasteiger partial charge in [0.25, 0.3) is 5.91 Å². The summed E-state index contributed by atoms with van der Waals surface area (Å²) in [5.41, 5.74) is 1.65. The molecule has 1 saturated heterocycles. The number of amides is 1. The molecule has 2 rings (SSSR count). The van der Waals surface area contributed by atoms with E-state index in [1.165, 1.54) is 0 Å². The molecule has 0 aliphatic carbocycles. The van der Waals surface area contributed by atoms with Crippen LogP contribution in [0.3, 0.4) is 0 Å². The van der Waals surface area contributed by atoms with Crippen molar-refractivity contribution in [1.29, 1.82) is 0 Å². The summed E-state index contributed by atoms with van der Waals surface area (Å²) in [6.45, 7) is 4.96. The van der Waals surface area contributed by atoms with Crippen LogP contribution in [0.25, 0.3) is 0 Å². The Balaban J connectivity index is 2.11. The molecular formula is C13H18N2OS. The van der Waals surface area contributed by atoms with Crippen molar-refractivity contribution in [3.8, 4) is 0 Å². The van der Waals surface area contributed by atoms with Crippen molar-refractivity contribution in [3.05, 3.63) is 29.6 Å². The maximum absolute atomic E-state index is 12.3. The van der Waals surface area contributed by atoms with Gasteiger partial charge >= 0.3 is 0 Å². The third-order valence-corrected chi connectivity index (χ3v) is 4.24. The molecule has 0 aromatic carbocycles. The van der Waals surface area contributed by atoms with Gasteiger partial charge < -0.3 is 4.90 Å². The summed E-state index contributed by atoms with van der Waals surface area (Å²) in [6.07, 6.45) is 3.88. The Labute approximate surface area is 107 Å². The van der Waals surface area contributed by atoms with E-state index in [9.17, 15) is 4.79 Å². The fourth-order valence-electron chi connectivity index (χ4n) is 2.00. The van der Waals surface area contributed by atoms with Gasteiger partial charge in [-0.05, 0) is 25.5 Å². The van der Waals surface area contributed by atoms with E-state index in [2.05, 4.69) is 11.9 Å². The van der Waals surface area contributed by atoms with Crippen LogP contribution < -0.4 is 0 Å². The Morgan fingerprint density at radius 2 is 2.41 bits per heavy atom. The lowest BCUT2D eigenvalue weighted by atomic mass is 10.2. The molecular weight excluding hydrogens is 232 g/mol. The highest BCUT2D eigenvalue weighted by molar-refractivity contribution is 8.00. The molecule has 1 atom stereocenters. The van der Waals surface area contributed by atoms with Crippen molar-refractivity contribution in [2.45, 2.75) is 32.1 Å². The Morgan fingerprint density at radius 3 is 3.06 bits per heavy atom. The van der Waals surface area contributed by atoms with Gasteiger partial charge in [-0.3, -0.25) is 9.78 Å². The number of hydrogen-bond acceptors (Lipinski definition) is 3. The normalized spacial score (nSPS) is 19.6. The molecule has 0 N–H and O–H groups in total. The Kier molecular flexibility index (Phi) is 4.05. The van der Waals surface area contributed by atoms with Crippen LogP contribution in [0.4, 0.5) is 0 Å². The van der Waals surface area contributed by atoms with Gasteiger partial charge in [0.2, 0.25) is 0 Å². The van der Waals surface area contributed by atoms with Gasteiger partial charge in [0.1, 0.15) is 0 Å². The van der Waals surface area contributed by atoms with E-state index in [1.807, 2.05) is 35.7 Å². The lowest BCUT2D eigenvalue weighted by Crippen LogP contribution is -2.34. The quantitative estimate of drug-likeness (QED) is 0.827. The summed E-state index contributed by atoms with van der Waals surface area (Å²) in [7, 11) is 0. The highest BCUT2D eigenvalue weighted by Crippen LogP contribution is 2.28. The monoisotopic (exact) mass is 250 g/mol. The minimum absolute atomic E-state index is 0.126. The highest BCUT2D eigenvalue weighted by Gasteiger charge is 2.29. The number of pyridine rings is 1. The SMILES string of the molecule is CCC[C@H]1SCCN1C(=O)c1ccc(C)nc1. The second kappa shape index (κ2) is 5.54. The van der Waals surface area contributed by atoms with E-state index in [0.717, 1.165) is 30.8 Å². The maximum atomic E-state index is 12.3. The second-order valence-corrected chi connectivity index (χ2v) is 5.59. The minimum Gasteiger partial charge on any atom is -0.326 e. The molecule has 1 aromatic rings. The number of carbonyl (C=O) groups is 1. The zero-order valence-corrected chi connectivity index (χ0v) is 11.2. The molecule has 4 heteroatoms. The lowest BCUT2D eigenvalue weighted by molar-refractivity contribution is 0.0756. The average molecular weight is 250 g/mol. The third kappa shape index (κ3) is 2.80. The zero-order valence-electron chi connectivity index (χ0n) is 10.3. The summed E-state index contributed by atoms with van der Waals surface area (Å²) in [5.74, 6) is 1.18. The van der Waals surface area contributed by atoms with Crippen LogP contribution in [0.5, 0.6) is 0 Å². The smallest absolute Gasteiger partial charge is 0.256 e. The van der Waals surface area contributed by atoms with Crippen LogP contribution in [0.15, 0.2) is 18.3 Å². The molecule has 0 spiro atoms. The first-order chi connectivity index (χ1) is 8.22. The van der Waals surface area contributed by atoms with E-state index in [4.69, 9.17) is 0 Å². The molecule has 1 aliphatic rings. The van der Waals surface area contributed by atoms with Crippen molar-refractivity contribution in [2.24, 2.45) is 0 Å². The summed E-state index contributed by atoms with van der Waals surface area (Å²) >= 11 is 1.89. The Morgan fingerprint density at radius 1 is 1.59 bits per heavy atom. The molecule has 3 nitrogen and oxygen atoms in total. The van der Waals surface area contributed by atoms with Gasteiger partial charge in [-0.15, -0.1) is 11.8 Å². The number of thioether (sulfide) groups is 1. The first-order valence-corrected chi connectivity index (χ1v) is 7.12. The van der Waals surface area contributed by atoms with E-state index < -0.39 is 0 Å². The van der Waals surface area contributed by atoms with Gasteiger partial charge in [-0.25, -0.2) is 0 Å². The van der Waals surface area contributed by atoms with E-state index in [1.54, 1.807) is 6.20 Å². The zero-order chi connectivity index (χ0) is 12.3. The molecule has 92 valence electrons. The molecule has 17 heavy (non-hydrogen) atoms. The summed E-state index contributed by atoms with van der Waals surface area (Å²) < 4.78 is 0. The topological polar surface area (TPSA) is 33.2 Å². The van der Waals surface area contributed by atoms with Crippen molar-refractivity contribution in [3.63, 3.8) is 0 Å². The molecule has 1 fully saturated rings. The summed E-state index contributed by atoms with van der Waals surface area (Å²) in [6, 6.07) is 3.77. The summed E-state index contributed by atoms with van der Waals surface area (Å²) in [4.78, 5) is 18.5. The predicted molar refractivity (Wildman–Crippen MR) is 71.2 cm³/mol. The van der Waals surface area contributed by atoms with Crippen LogP contribution in [0.2, 0.25) is 0 Å². The van der Waals surface area contributed by atoms with Crippen LogP contribution in [0, 0.1) is 6.92 Å². The molecule has 0 saturated carbocycles. The predicted octanol–water partition coefficient (Wildman–Crippen LogP) is 2.71. The molecule has 0 radical (unpaired) electrons. The van der Waals surface area contributed by atoms with E-state index >= 15 is 0 Å². The molecule has 1 aliphatic heterocycles. The van der Waals surface area contributed by atoms with Gasteiger partial charge in [0.15, 0.2) is 0 Å². The van der Waals surface area contributed by atoms with E-state index in [-0.39, 0.29) is 5.91 Å². The van der Waals surface area contributed by atoms with Crippen LogP contribution in [-0.4, -0.2) is 33.5 Å². The second-order valence-electron chi connectivity index (χ2n) is 4.30. The third-order valence-electron chi connectivity index (χ3n) is 2.94. The van der Waals surface area contributed by atoms with Crippen molar-refractivity contribution in [2.75, 3.05) is 12.3 Å². The Bertz CT molecular complexity index is 391. The van der Waals surface area contributed by atoms with Gasteiger partial charge in [0, 0.05) is 24.2 Å². The fraction of sp³-hybridized carbons (Fsp3) is 0.538. The number of hydrogen-bond donors (Lipinski definition) is 0. The van der Waals surface area contributed by atoms with Crippen LogP contribution in [-0.2, 0) is 0 Å². The van der Waals surface area contributed by atoms with Crippen LogP contribution in [0.1, 0.15) is 35.8 Å². The molecule has 0 unspecified atom stereocenters. The van der Waals surface area contributed by atoms with E-state index in [0.29, 0.717) is 10.9 Å². The van der Waals surface area contributed by atoms with Gasteiger partial charge in [-0.1, -0.05) is 13.3 Å². The standard InChI is InChI=1S/C13H18N2OS/c1-3-4-12-15(7-8-17-12)13(16)11-6-5-10(2)14-9-11/h5-6,9,12H,3-4,7-8H2,1-2H3/t12-/m1/s1. The van der Waals surface area contributed by atoms with Crippen LogP contribution >= 0.6 is 11.8 Å². The van der Waals surface area contributed by atoms with Gasteiger partial charge in [-0.2, -0.15) is 0 Å². The van der Waals surface area contributed by atoms with Crippen molar-refractivity contribution >= 4 is 17.7 Å². The largest absolute Gasteiger partial charge is 0.326 e. The summed E-state index contributed by atoms with van der Waals surface area (Å²) in [5, 5.41) is 0.355. The molecule has 2 heterocycles. The average Bonchev–Trinajstić information content (AvgIpc) is 2.78.